The van der Waals surface area contributed by atoms with Gasteiger partial charge < -0.3 is 15.5 Å². The van der Waals surface area contributed by atoms with Crippen molar-refractivity contribution in [1.82, 2.24) is 5.32 Å². The summed E-state index contributed by atoms with van der Waals surface area (Å²) in [6.45, 7) is -1.76. The highest BCUT2D eigenvalue weighted by Gasteiger charge is 2.17. The molecular weight excluding hydrogens is 154 g/mol. The van der Waals surface area contributed by atoms with Crippen LogP contribution in [0.2, 0.25) is 0 Å². The topological polar surface area (TPSA) is 107 Å². The molecule has 0 aromatic carbocycles. The molecule has 0 heterocycles. The van der Waals surface area contributed by atoms with Crippen molar-refractivity contribution in [2.45, 2.75) is 6.04 Å². The summed E-state index contributed by atoms with van der Waals surface area (Å²) in [5, 5.41) is 28.2. The second kappa shape index (κ2) is 4.64. The number of aliphatic hydroxyl groups is 1. The lowest BCUT2D eigenvalue weighted by Crippen LogP contribution is -2.44. The lowest BCUT2D eigenvalue weighted by Gasteiger charge is -2.08. The van der Waals surface area contributed by atoms with Crippen LogP contribution < -0.4 is 5.32 Å². The van der Waals surface area contributed by atoms with Crippen LogP contribution in [0.25, 0.3) is 0 Å². The second-order valence-electron chi connectivity index (χ2n) is 1.79. The summed E-state index contributed by atoms with van der Waals surface area (Å²) in [6.07, 6.45) is 0. The summed E-state index contributed by atoms with van der Waals surface area (Å²) in [4.78, 5) is 20.4. The molecule has 0 aliphatic carbocycles. The number of carbonyl (C=O) groups excluding carboxylic acids is 1. The van der Waals surface area contributed by atoms with Crippen molar-refractivity contribution in [3.63, 3.8) is 0 Å². The van der Waals surface area contributed by atoms with E-state index in [0.29, 0.717) is 0 Å². The number of carboxylic acids is 1. The zero-order chi connectivity index (χ0) is 8.85. The average Bonchev–Trinajstić information content (AvgIpc) is 1.99. The van der Waals surface area contributed by atoms with Gasteiger partial charge in [-0.1, -0.05) is 0 Å². The van der Waals surface area contributed by atoms with E-state index >= 15 is 0 Å². The fourth-order valence-electron chi connectivity index (χ4n) is 0.421. The molecule has 1 amide bonds. The van der Waals surface area contributed by atoms with Crippen LogP contribution in [0, 0.1) is 0 Å². The maximum Gasteiger partial charge on any atom is 0.328 e. The third kappa shape index (κ3) is 3.54. The lowest BCUT2D eigenvalue weighted by atomic mass is 10.3. The maximum atomic E-state index is 10.3. The molecule has 0 saturated carbocycles. The Hall–Kier alpha value is -1.14. The van der Waals surface area contributed by atoms with Crippen LogP contribution in [0.4, 0.5) is 0 Å². The number of hydrogen-bond acceptors (Lipinski definition) is 3. The maximum absolute atomic E-state index is 10.3. The fraction of sp³-hybridized carbons (Fsp3) is 0.600. The SMILES string of the molecule is [O]CC(=O)N[C@H](CO)C(=O)O. The Bertz CT molecular complexity index is 157. The number of hydrogen-bond donors (Lipinski definition) is 3. The molecule has 0 saturated heterocycles. The highest BCUT2D eigenvalue weighted by Crippen LogP contribution is 1.81. The first kappa shape index (κ1) is 9.86. The van der Waals surface area contributed by atoms with Gasteiger partial charge in [-0.05, 0) is 0 Å². The van der Waals surface area contributed by atoms with Crippen molar-refractivity contribution in [2.75, 3.05) is 13.2 Å². The predicted molar refractivity (Wildman–Crippen MR) is 32.2 cm³/mol. The van der Waals surface area contributed by atoms with Gasteiger partial charge >= 0.3 is 5.97 Å². The van der Waals surface area contributed by atoms with E-state index in [1.807, 2.05) is 5.32 Å². The van der Waals surface area contributed by atoms with Gasteiger partial charge in [0.15, 0.2) is 6.61 Å². The Labute approximate surface area is 62.5 Å². The standard InChI is InChI=1S/C5H8NO5/c7-1-3(5(10)11)6-4(9)2-8/h3,7H,1-2H2,(H,6,9)(H,10,11)/t3-/m1/s1. The Morgan fingerprint density at radius 3 is 2.27 bits per heavy atom. The van der Waals surface area contributed by atoms with Gasteiger partial charge in [-0.3, -0.25) is 4.79 Å². The van der Waals surface area contributed by atoms with Crippen molar-refractivity contribution in [3.05, 3.63) is 0 Å². The normalized spacial score (nSPS) is 12.2. The number of rotatable bonds is 4. The molecule has 0 rings (SSSR count). The van der Waals surface area contributed by atoms with E-state index in [0.717, 1.165) is 0 Å². The summed E-state index contributed by atoms with van der Waals surface area (Å²) in [5.74, 6) is -2.30. The average molecular weight is 162 g/mol. The van der Waals surface area contributed by atoms with Gasteiger partial charge in [0.1, 0.15) is 6.04 Å². The first-order valence-electron chi connectivity index (χ1n) is 2.83. The monoisotopic (exact) mass is 162 g/mol. The van der Waals surface area contributed by atoms with Crippen LogP contribution in [-0.2, 0) is 14.7 Å². The molecule has 3 N–H and O–H groups in total. The number of aliphatic hydroxyl groups excluding tert-OH is 1. The van der Waals surface area contributed by atoms with Gasteiger partial charge in [0.2, 0.25) is 5.91 Å². The van der Waals surface area contributed by atoms with E-state index in [-0.39, 0.29) is 0 Å². The van der Waals surface area contributed by atoms with Gasteiger partial charge in [0.25, 0.3) is 0 Å². The number of nitrogens with one attached hydrogen (secondary N) is 1. The summed E-state index contributed by atoms with van der Waals surface area (Å²) in [6, 6.07) is -1.38. The van der Waals surface area contributed by atoms with E-state index in [2.05, 4.69) is 0 Å². The molecule has 6 heteroatoms. The summed E-state index contributed by atoms with van der Waals surface area (Å²) < 4.78 is 0. The lowest BCUT2D eigenvalue weighted by molar-refractivity contribution is -0.143. The van der Waals surface area contributed by atoms with Crippen LogP contribution >= 0.6 is 0 Å². The van der Waals surface area contributed by atoms with Crippen LogP contribution in [0.15, 0.2) is 0 Å². The fourth-order valence-corrected chi connectivity index (χ4v) is 0.421. The number of aliphatic carboxylic acids is 1. The molecule has 0 aromatic heterocycles. The van der Waals surface area contributed by atoms with Crippen molar-refractivity contribution in [2.24, 2.45) is 0 Å². The molecule has 0 aromatic rings. The van der Waals surface area contributed by atoms with E-state index in [1.165, 1.54) is 0 Å². The molecule has 0 bridgehead atoms. The smallest absolute Gasteiger partial charge is 0.328 e. The van der Waals surface area contributed by atoms with Crippen molar-refractivity contribution in [3.8, 4) is 0 Å². The molecule has 1 atom stereocenters. The van der Waals surface area contributed by atoms with Gasteiger partial charge in [-0.15, -0.1) is 0 Å². The molecule has 6 nitrogen and oxygen atoms in total. The molecular formula is C5H8NO5. The number of amides is 1. The van der Waals surface area contributed by atoms with Gasteiger partial charge in [-0.2, -0.15) is 0 Å². The molecule has 0 aliphatic heterocycles. The first-order chi connectivity index (χ1) is 5.11. The highest BCUT2D eigenvalue weighted by atomic mass is 16.4. The molecule has 0 spiro atoms. The summed E-state index contributed by atoms with van der Waals surface area (Å²) >= 11 is 0. The quantitative estimate of drug-likeness (QED) is 0.443. The van der Waals surface area contributed by atoms with Gasteiger partial charge in [0, 0.05) is 0 Å². The minimum absolute atomic E-state index is 0.721. The van der Waals surface area contributed by atoms with Gasteiger partial charge in [0.05, 0.1) is 6.61 Å². The predicted octanol–water partition coefficient (Wildman–Crippen LogP) is -2.02. The Morgan fingerprint density at radius 1 is 1.45 bits per heavy atom. The third-order valence-corrected chi connectivity index (χ3v) is 0.947. The molecule has 1 radical (unpaired) electrons. The van der Waals surface area contributed by atoms with E-state index in [9.17, 15) is 14.7 Å². The van der Waals surface area contributed by atoms with Crippen LogP contribution in [0.5, 0.6) is 0 Å². The molecule has 0 unspecified atom stereocenters. The zero-order valence-electron chi connectivity index (χ0n) is 5.61. The van der Waals surface area contributed by atoms with E-state index in [4.69, 9.17) is 10.2 Å². The van der Waals surface area contributed by atoms with Crippen LogP contribution in [-0.4, -0.2) is 41.3 Å². The largest absolute Gasteiger partial charge is 0.480 e. The molecule has 63 valence electrons. The second-order valence-corrected chi connectivity index (χ2v) is 1.79. The highest BCUT2D eigenvalue weighted by molar-refractivity contribution is 5.84. The van der Waals surface area contributed by atoms with Crippen molar-refractivity contribution >= 4 is 11.9 Å². The molecule has 0 fully saturated rings. The van der Waals surface area contributed by atoms with Crippen LogP contribution in [0.3, 0.4) is 0 Å². The Morgan fingerprint density at radius 2 is 2.00 bits per heavy atom. The number of carbonyl (C=O) groups is 2. The Kier molecular flexibility index (Phi) is 4.16. The van der Waals surface area contributed by atoms with E-state index in [1.54, 1.807) is 0 Å². The van der Waals surface area contributed by atoms with Crippen molar-refractivity contribution in [1.29, 1.82) is 0 Å². The molecule has 11 heavy (non-hydrogen) atoms. The first-order valence-corrected chi connectivity index (χ1v) is 2.83. The Balaban J connectivity index is 3.88. The minimum Gasteiger partial charge on any atom is -0.480 e. The summed E-state index contributed by atoms with van der Waals surface area (Å²) in [7, 11) is 0. The zero-order valence-corrected chi connectivity index (χ0v) is 5.61. The van der Waals surface area contributed by atoms with Crippen molar-refractivity contribution < 1.29 is 24.9 Å². The number of carboxylic acid groups (broad SMARTS) is 1. The van der Waals surface area contributed by atoms with Crippen LogP contribution in [0.1, 0.15) is 0 Å². The van der Waals surface area contributed by atoms with Gasteiger partial charge in [-0.25, -0.2) is 9.90 Å². The summed E-state index contributed by atoms with van der Waals surface area (Å²) in [5.41, 5.74) is 0. The van der Waals surface area contributed by atoms with E-state index < -0.39 is 31.1 Å². The molecule has 0 aliphatic rings. The third-order valence-electron chi connectivity index (χ3n) is 0.947. The minimum atomic E-state index is -1.38.